The van der Waals surface area contributed by atoms with Gasteiger partial charge < -0.3 is 0 Å². The van der Waals surface area contributed by atoms with E-state index >= 15 is 0 Å². The highest BCUT2D eigenvalue weighted by molar-refractivity contribution is 4.85. The van der Waals surface area contributed by atoms with Gasteiger partial charge in [-0.1, -0.05) is 71.6 Å². The number of hydrogen-bond donors (Lipinski definition) is 0. The zero-order chi connectivity index (χ0) is 13.2. The summed E-state index contributed by atoms with van der Waals surface area (Å²) in [4.78, 5) is 0. The minimum atomic E-state index is 0.368. The van der Waals surface area contributed by atoms with Crippen LogP contribution in [0.3, 0.4) is 0 Å². The Morgan fingerprint density at radius 3 is 1.56 bits per heavy atom. The third-order valence-corrected chi connectivity index (χ3v) is 4.75. The van der Waals surface area contributed by atoms with Crippen LogP contribution < -0.4 is 0 Å². The molecule has 2 aliphatic rings. The van der Waals surface area contributed by atoms with Crippen LogP contribution in [-0.2, 0) is 0 Å². The lowest BCUT2D eigenvalue weighted by Gasteiger charge is -2.32. The Hall–Kier alpha value is -0.510. The highest BCUT2D eigenvalue weighted by Gasteiger charge is 2.25. The Kier molecular flexibility index (Phi) is 8.14. The van der Waals surface area contributed by atoms with E-state index in [0.29, 0.717) is 5.92 Å². The molecule has 0 heterocycles. The Balaban J connectivity index is 0.000000771. The molecule has 0 saturated heterocycles. The lowest BCUT2D eigenvalue weighted by Crippen LogP contribution is -2.20. The summed E-state index contributed by atoms with van der Waals surface area (Å²) in [5.74, 6) is 2.40. The van der Waals surface area contributed by atoms with Gasteiger partial charge in [0.1, 0.15) is 0 Å². The molecule has 0 spiro atoms. The standard InChI is InChI=1S/C15H25N.C2H6/c16-12-13-6-4-10-15(11-5-7-13)14-8-2-1-3-9-14;1-2/h13-15H,1-11H2;1-2H3. The predicted molar refractivity (Wildman–Crippen MR) is 78.2 cm³/mol. The molecule has 0 radical (unpaired) electrons. The Morgan fingerprint density at radius 2 is 1.11 bits per heavy atom. The largest absolute Gasteiger partial charge is 0.198 e. The number of hydrogen-bond acceptors (Lipinski definition) is 1. The summed E-state index contributed by atoms with van der Waals surface area (Å²) in [5.41, 5.74) is 0. The fourth-order valence-electron chi connectivity index (χ4n) is 3.75. The number of nitriles is 1. The second kappa shape index (κ2) is 9.42. The van der Waals surface area contributed by atoms with E-state index in [1.165, 1.54) is 70.6 Å². The van der Waals surface area contributed by atoms with Crippen molar-refractivity contribution in [3.8, 4) is 6.07 Å². The van der Waals surface area contributed by atoms with Crippen LogP contribution in [0.1, 0.15) is 84.5 Å². The average Bonchev–Trinajstić information content (AvgIpc) is 2.42. The molecule has 2 fully saturated rings. The molecular formula is C17H31N. The van der Waals surface area contributed by atoms with Crippen molar-refractivity contribution in [3.05, 3.63) is 0 Å². The van der Waals surface area contributed by atoms with E-state index in [1.807, 2.05) is 13.8 Å². The maximum Gasteiger partial charge on any atom is 0.0655 e. The van der Waals surface area contributed by atoms with E-state index in [0.717, 1.165) is 11.8 Å². The maximum atomic E-state index is 8.97. The summed E-state index contributed by atoms with van der Waals surface area (Å²) in [6.07, 6.45) is 15.2. The van der Waals surface area contributed by atoms with Crippen molar-refractivity contribution < 1.29 is 0 Å². The molecule has 2 rings (SSSR count). The van der Waals surface area contributed by atoms with Crippen LogP contribution in [0.2, 0.25) is 0 Å². The molecule has 2 saturated carbocycles. The topological polar surface area (TPSA) is 23.8 Å². The van der Waals surface area contributed by atoms with Crippen LogP contribution in [0.15, 0.2) is 0 Å². The minimum Gasteiger partial charge on any atom is -0.198 e. The monoisotopic (exact) mass is 249 g/mol. The van der Waals surface area contributed by atoms with Crippen LogP contribution >= 0.6 is 0 Å². The van der Waals surface area contributed by atoms with Gasteiger partial charge in [-0.05, 0) is 24.7 Å². The van der Waals surface area contributed by atoms with Gasteiger partial charge in [0.15, 0.2) is 0 Å². The second-order valence-corrected chi connectivity index (χ2v) is 5.85. The van der Waals surface area contributed by atoms with Crippen molar-refractivity contribution >= 4 is 0 Å². The van der Waals surface area contributed by atoms with Crippen molar-refractivity contribution in [1.29, 1.82) is 5.26 Å². The first-order chi connectivity index (χ1) is 8.90. The van der Waals surface area contributed by atoms with Crippen LogP contribution in [0.25, 0.3) is 0 Å². The van der Waals surface area contributed by atoms with Gasteiger partial charge >= 0.3 is 0 Å². The quantitative estimate of drug-likeness (QED) is 0.584. The van der Waals surface area contributed by atoms with Gasteiger partial charge in [0.2, 0.25) is 0 Å². The molecule has 0 atom stereocenters. The summed E-state index contributed by atoms with van der Waals surface area (Å²) >= 11 is 0. The molecule has 1 nitrogen and oxygen atoms in total. The average molecular weight is 249 g/mol. The molecule has 104 valence electrons. The molecule has 1 heteroatoms. The molecule has 18 heavy (non-hydrogen) atoms. The van der Waals surface area contributed by atoms with Crippen LogP contribution in [0.5, 0.6) is 0 Å². The van der Waals surface area contributed by atoms with Crippen molar-refractivity contribution in [2.24, 2.45) is 17.8 Å². The zero-order valence-corrected chi connectivity index (χ0v) is 12.5. The van der Waals surface area contributed by atoms with E-state index in [1.54, 1.807) is 0 Å². The Morgan fingerprint density at radius 1 is 0.667 bits per heavy atom. The molecule has 0 aliphatic heterocycles. The minimum absolute atomic E-state index is 0.368. The third-order valence-electron chi connectivity index (χ3n) is 4.75. The smallest absolute Gasteiger partial charge is 0.0655 e. The lowest BCUT2D eigenvalue weighted by molar-refractivity contribution is 0.202. The van der Waals surface area contributed by atoms with Gasteiger partial charge in [0.05, 0.1) is 6.07 Å². The molecule has 2 aliphatic carbocycles. The van der Waals surface area contributed by atoms with Crippen LogP contribution in [0.4, 0.5) is 0 Å². The van der Waals surface area contributed by atoms with Crippen molar-refractivity contribution in [2.75, 3.05) is 0 Å². The Bertz CT molecular complexity index is 224. The van der Waals surface area contributed by atoms with E-state index in [9.17, 15) is 0 Å². The van der Waals surface area contributed by atoms with Crippen molar-refractivity contribution in [1.82, 2.24) is 0 Å². The molecule has 0 N–H and O–H groups in total. The normalized spacial score (nSPS) is 30.3. The molecule has 0 aromatic rings. The van der Waals surface area contributed by atoms with Crippen LogP contribution in [0, 0.1) is 29.1 Å². The summed E-state index contributed by atoms with van der Waals surface area (Å²) in [7, 11) is 0. The zero-order valence-electron chi connectivity index (χ0n) is 12.5. The highest BCUT2D eigenvalue weighted by atomic mass is 14.3. The highest BCUT2D eigenvalue weighted by Crippen LogP contribution is 2.37. The van der Waals surface area contributed by atoms with E-state index in [2.05, 4.69) is 6.07 Å². The van der Waals surface area contributed by atoms with Crippen molar-refractivity contribution in [3.63, 3.8) is 0 Å². The SMILES string of the molecule is CC.N#CC1CCCC(C2CCCCC2)CCC1. The Labute approximate surface area is 114 Å². The molecule has 0 bridgehead atoms. The van der Waals surface area contributed by atoms with Gasteiger partial charge in [0.25, 0.3) is 0 Å². The van der Waals surface area contributed by atoms with E-state index < -0.39 is 0 Å². The summed E-state index contributed by atoms with van der Waals surface area (Å²) in [6.45, 7) is 4.00. The van der Waals surface area contributed by atoms with Crippen molar-refractivity contribution in [2.45, 2.75) is 84.5 Å². The summed E-state index contributed by atoms with van der Waals surface area (Å²) < 4.78 is 0. The van der Waals surface area contributed by atoms with Gasteiger partial charge in [-0.25, -0.2) is 0 Å². The van der Waals surface area contributed by atoms with Gasteiger partial charge in [-0.15, -0.1) is 0 Å². The molecular weight excluding hydrogens is 218 g/mol. The molecule has 0 unspecified atom stereocenters. The molecule has 0 aromatic carbocycles. The lowest BCUT2D eigenvalue weighted by atomic mass is 9.74. The predicted octanol–water partition coefficient (Wildman–Crippen LogP) is 5.70. The maximum absolute atomic E-state index is 8.97. The van der Waals surface area contributed by atoms with E-state index in [-0.39, 0.29) is 0 Å². The third kappa shape index (κ3) is 5.01. The first-order valence-corrected chi connectivity index (χ1v) is 8.30. The summed E-state index contributed by atoms with van der Waals surface area (Å²) in [5, 5.41) is 8.97. The van der Waals surface area contributed by atoms with E-state index in [4.69, 9.17) is 5.26 Å². The van der Waals surface area contributed by atoms with Gasteiger partial charge in [-0.3, -0.25) is 0 Å². The first-order valence-electron chi connectivity index (χ1n) is 8.30. The second-order valence-electron chi connectivity index (χ2n) is 5.85. The first kappa shape index (κ1) is 15.5. The summed E-state index contributed by atoms with van der Waals surface area (Å²) in [6, 6.07) is 2.47. The number of nitrogens with zero attached hydrogens (tertiary/aromatic N) is 1. The molecule has 0 amide bonds. The number of rotatable bonds is 1. The molecule has 0 aromatic heterocycles. The van der Waals surface area contributed by atoms with Gasteiger partial charge in [0, 0.05) is 5.92 Å². The van der Waals surface area contributed by atoms with Crippen LogP contribution in [-0.4, -0.2) is 0 Å². The fraction of sp³-hybridized carbons (Fsp3) is 0.941. The van der Waals surface area contributed by atoms with Gasteiger partial charge in [-0.2, -0.15) is 5.26 Å². The fourth-order valence-corrected chi connectivity index (χ4v) is 3.75.